The molecule has 0 spiro atoms. The molecule has 0 aromatic rings. The van der Waals surface area contributed by atoms with Crippen molar-refractivity contribution in [3.63, 3.8) is 0 Å². The van der Waals surface area contributed by atoms with Gasteiger partial charge in [-0.1, -0.05) is 13.8 Å². The summed E-state index contributed by atoms with van der Waals surface area (Å²) in [4.78, 5) is 11.4. The number of rotatable bonds is 7. The first kappa shape index (κ1) is 12.5. The third kappa shape index (κ3) is 4.62. The first-order valence-electron chi connectivity index (χ1n) is 5.69. The summed E-state index contributed by atoms with van der Waals surface area (Å²) in [6.45, 7) is 6.23. The first-order chi connectivity index (χ1) is 7.04. The van der Waals surface area contributed by atoms with Crippen LogP contribution in [0.3, 0.4) is 0 Å². The number of hydrogen-bond acceptors (Lipinski definition) is 3. The molecule has 1 saturated carbocycles. The standard InChI is InChI=1S/C11H22N2O2/c1-9(2)3-7-15-8-6-13-10(14)11(12)4-5-11/h9H,3-8,12H2,1-2H3,(H,13,14). The SMILES string of the molecule is CC(C)CCOCCNC(=O)C1(N)CC1. The van der Waals surface area contributed by atoms with Crippen LogP contribution in [0.15, 0.2) is 0 Å². The highest BCUT2D eigenvalue weighted by Gasteiger charge is 2.45. The molecule has 0 aliphatic heterocycles. The fourth-order valence-corrected chi connectivity index (χ4v) is 1.20. The lowest BCUT2D eigenvalue weighted by Gasteiger charge is -2.10. The Morgan fingerprint density at radius 3 is 2.67 bits per heavy atom. The fourth-order valence-electron chi connectivity index (χ4n) is 1.20. The molecule has 1 fully saturated rings. The summed E-state index contributed by atoms with van der Waals surface area (Å²) in [5.41, 5.74) is 5.16. The van der Waals surface area contributed by atoms with Crippen LogP contribution in [0.5, 0.6) is 0 Å². The molecule has 0 aromatic carbocycles. The Morgan fingerprint density at radius 1 is 1.47 bits per heavy atom. The highest BCUT2D eigenvalue weighted by atomic mass is 16.5. The molecule has 0 aromatic heterocycles. The van der Waals surface area contributed by atoms with Crippen molar-refractivity contribution < 1.29 is 9.53 Å². The second-order valence-electron chi connectivity index (χ2n) is 4.71. The Morgan fingerprint density at radius 2 is 2.13 bits per heavy atom. The van der Waals surface area contributed by atoms with Gasteiger partial charge < -0.3 is 15.8 Å². The zero-order chi connectivity index (χ0) is 11.3. The van der Waals surface area contributed by atoms with Gasteiger partial charge in [0.1, 0.15) is 0 Å². The molecule has 1 aliphatic carbocycles. The van der Waals surface area contributed by atoms with Crippen molar-refractivity contribution in [2.75, 3.05) is 19.8 Å². The summed E-state index contributed by atoms with van der Waals surface area (Å²) in [5, 5.41) is 2.78. The number of carbonyl (C=O) groups is 1. The van der Waals surface area contributed by atoms with Gasteiger partial charge in [0.2, 0.25) is 5.91 Å². The maximum absolute atomic E-state index is 11.4. The molecular weight excluding hydrogens is 192 g/mol. The maximum Gasteiger partial charge on any atom is 0.240 e. The van der Waals surface area contributed by atoms with Gasteiger partial charge in [-0.15, -0.1) is 0 Å². The minimum atomic E-state index is -0.558. The predicted octanol–water partition coefficient (Wildman–Crippen LogP) is 0.657. The monoisotopic (exact) mass is 214 g/mol. The maximum atomic E-state index is 11.4. The molecule has 1 rings (SSSR count). The van der Waals surface area contributed by atoms with E-state index in [9.17, 15) is 4.79 Å². The molecule has 4 heteroatoms. The molecule has 0 heterocycles. The van der Waals surface area contributed by atoms with E-state index in [2.05, 4.69) is 19.2 Å². The zero-order valence-electron chi connectivity index (χ0n) is 9.71. The first-order valence-corrected chi connectivity index (χ1v) is 5.69. The number of carbonyl (C=O) groups excluding carboxylic acids is 1. The van der Waals surface area contributed by atoms with Crippen LogP contribution in [0.25, 0.3) is 0 Å². The molecule has 0 saturated heterocycles. The Hall–Kier alpha value is -0.610. The predicted molar refractivity (Wildman–Crippen MR) is 59.4 cm³/mol. The van der Waals surface area contributed by atoms with E-state index in [1.807, 2.05) is 0 Å². The molecule has 0 bridgehead atoms. The summed E-state index contributed by atoms with van der Waals surface area (Å²) in [6, 6.07) is 0. The minimum Gasteiger partial charge on any atom is -0.380 e. The second kappa shape index (κ2) is 5.47. The molecule has 4 nitrogen and oxygen atoms in total. The number of ether oxygens (including phenoxy) is 1. The van der Waals surface area contributed by atoms with Crippen LogP contribution >= 0.6 is 0 Å². The Kier molecular flexibility index (Phi) is 4.54. The van der Waals surface area contributed by atoms with Crippen molar-refractivity contribution in [2.45, 2.75) is 38.6 Å². The highest BCUT2D eigenvalue weighted by molar-refractivity contribution is 5.88. The van der Waals surface area contributed by atoms with Gasteiger partial charge in [-0.2, -0.15) is 0 Å². The van der Waals surface area contributed by atoms with Crippen molar-refractivity contribution in [1.82, 2.24) is 5.32 Å². The lowest BCUT2D eigenvalue weighted by atomic mass is 10.1. The second-order valence-corrected chi connectivity index (χ2v) is 4.71. The normalized spacial score (nSPS) is 17.9. The minimum absolute atomic E-state index is 0.0324. The van der Waals surface area contributed by atoms with E-state index in [-0.39, 0.29) is 5.91 Å². The lowest BCUT2D eigenvalue weighted by molar-refractivity contribution is -0.123. The van der Waals surface area contributed by atoms with Crippen molar-refractivity contribution in [3.8, 4) is 0 Å². The molecule has 88 valence electrons. The fraction of sp³-hybridized carbons (Fsp3) is 0.909. The van der Waals surface area contributed by atoms with E-state index >= 15 is 0 Å². The summed E-state index contributed by atoms with van der Waals surface area (Å²) in [7, 11) is 0. The highest BCUT2D eigenvalue weighted by Crippen LogP contribution is 2.31. The molecule has 1 aliphatic rings. The van der Waals surface area contributed by atoms with Gasteiger partial charge in [0.15, 0.2) is 0 Å². The average molecular weight is 214 g/mol. The van der Waals surface area contributed by atoms with Crippen LogP contribution < -0.4 is 11.1 Å². The van der Waals surface area contributed by atoms with Gasteiger partial charge in [-0.25, -0.2) is 0 Å². The van der Waals surface area contributed by atoms with E-state index in [1.54, 1.807) is 0 Å². The van der Waals surface area contributed by atoms with Crippen LogP contribution in [0, 0.1) is 5.92 Å². The number of nitrogens with two attached hydrogens (primary N) is 1. The topological polar surface area (TPSA) is 64.3 Å². The van der Waals surface area contributed by atoms with E-state index in [4.69, 9.17) is 10.5 Å². The van der Waals surface area contributed by atoms with Crippen molar-refractivity contribution in [1.29, 1.82) is 0 Å². The average Bonchev–Trinajstić information content (AvgIpc) is 2.90. The molecule has 0 atom stereocenters. The van der Waals surface area contributed by atoms with Gasteiger partial charge in [0, 0.05) is 13.2 Å². The summed E-state index contributed by atoms with van der Waals surface area (Å²) < 4.78 is 5.37. The number of hydrogen-bond donors (Lipinski definition) is 2. The Labute approximate surface area is 91.5 Å². The smallest absolute Gasteiger partial charge is 0.240 e. The van der Waals surface area contributed by atoms with Crippen LogP contribution in [-0.2, 0) is 9.53 Å². The van der Waals surface area contributed by atoms with Gasteiger partial charge in [0.05, 0.1) is 12.1 Å². The third-order valence-electron chi connectivity index (χ3n) is 2.61. The largest absolute Gasteiger partial charge is 0.380 e. The van der Waals surface area contributed by atoms with Gasteiger partial charge in [-0.05, 0) is 25.2 Å². The van der Waals surface area contributed by atoms with E-state index in [1.165, 1.54) is 0 Å². The summed E-state index contributed by atoms with van der Waals surface area (Å²) in [6.07, 6.45) is 2.69. The summed E-state index contributed by atoms with van der Waals surface area (Å²) >= 11 is 0. The zero-order valence-corrected chi connectivity index (χ0v) is 9.71. The van der Waals surface area contributed by atoms with Gasteiger partial charge >= 0.3 is 0 Å². The summed E-state index contributed by atoms with van der Waals surface area (Å²) in [5.74, 6) is 0.633. The van der Waals surface area contributed by atoms with Crippen LogP contribution in [0.4, 0.5) is 0 Å². The Balaban J connectivity index is 1.91. The third-order valence-corrected chi connectivity index (χ3v) is 2.61. The molecule has 15 heavy (non-hydrogen) atoms. The molecular formula is C11H22N2O2. The van der Waals surface area contributed by atoms with E-state index in [0.29, 0.717) is 19.1 Å². The van der Waals surface area contributed by atoms with E-state index < -0.39 is 5.54 Å². The number of amides is 1. The molecule has 3 N–H and O–H groups in total. The van der Waals surface area contributed by atoms with Crippen LogP contribution in [0.2, 0.25) is 0 Å². The number of nitrogens with one attached hydrogen (secondary N) is 1. The quantitative estimate of drug-likeness (QED) is 0.612. The van der Waals surface area contributed by atoms with Crippen LogP contribution in [-0.4, -0.2) is 31.2 Å². The van der Waals surface area contributed by atoms with Crippen molar-refractivity contribution in [3.05, 3.63) is 0 Å². The van der Waals surface area contributed by atoms with Gasteiger partial charge in [0.25, 0.3) is 0 Å². The van der Waals surface area contributed by atoms with E-state index in [0.717, 1.165) is 25.9 Å². The van der Waals surface area contributed by atoms with Crippen molar-refractivity contribution in [2.24, 2.45) is 11.7 Å². The molecule has 0 radical (unpaired) electrons. The van der Waals surface area contributed by atoms with Gasteiger partial charge in [-0.3, -0.25) is 4.79 Å². The van der Waals surface area contributed by atoms with Crippen molar-refractivity contribution >= 4 is 5.91 Å². The Bertz CT molecular complexity index is 213. The lowest BCUT2D eigenvalue weighted by Crippen LogP contribution is -2.43. The van der Waals surface area contributed by atoms with Crippen LogP contribution in [0.1, 0.15) is 33.1 Å². The molecule has 0 unspecified atom stereocenters. The molecule has 1 amide bonds.